The topological polar surface area (TPSA) is 141 Å². The first-order chi connectivity index (χ1) is 13.5. The van der Waals surface area contributed by atoms with Gasteiger partial charge in [-0.25, -0.2) is 9.97 Å². The minimum atomic E-state index is -0.417. The maximum atomic E-state index is 11.0. The molecule has 1 fully saturated rings. The molecule has 1 aliphatic heterocycles. The minimum absolute atomic E-state index is 0.0363. The van der Waals surface area contributed by atoms with Crippen LogP contribution in [0.15, 0.2) is 30.3 Å². The van der Waals surface area contributed by atoms with Crippen molar-refractivity contribution < 1.29 is 4.92 Å². The Labute approximate surface area is 160 Å². The summed E-state index contributed by atoms with van der Waals surface area (Å²) in [5, 5.41) is 20.0. The summed E-state index contributed by atoms with van der Waals surface area (Å²) in [7, 11) is 0. The maximum absolute atomic E-state index is 11.0. The summed E-state index contributed by atoms with van der Waals surface area (Å²) < 4.78 is 0. The monoisotopic (exact) mass is 378 g/mol. The van der Waals surface area contributed by atoms with E-state index in [0.717, 1.165) is 31.9 Å². The van der Waals surface area contributed by atoms with Gasteiger partial charge in [-0.2, -0.15) is 5.26 Å². The van der Waals surface area contributed by atoms with Gasteiger partial charge in [0.2, 0.25) is 5.95 Å². The fraction of sp³-hybridized carbons (Fsp3) is 0.278. The zero-order valence-electron chi connectivity index (χ0n) is 15.0. The summed E-state index contributed by atoms with van der Waals surface area (Å²) in [6.07, 6.45) is 0.888. The molecular weight excluding hydrogens is 360 g/mol. The molecule has 0 aliphatic carbocycles. The van der Waals surface area contributed by atoms with Crippen molar-refractivity contribution in [2.45, 2.75) is 6.42 Å². The Morgan fingerprint density at radius 1 is 1.14 bits per heavy atom. The normalized spacial score (nSPS) is 14.7. The highest BCUT2D eigenvalue weighted by molar-refractivity contribution is 5.80. The van der Waals surface area contributed by atoms with Crippen LogP contribution in [0, 0.1) is 21.4 Å². The van der Waals surface area contributed by atoms with E-state index < -0.39 is 4.92 Å². The first kappa shape index (κ1) is 17.5. The Hall–Kier alpha value is -3.87. The van der Waals surface area contributed by atoms with Crippen molar-refractivity contribution in [3.8, 4) is 6.07 Å². The van der Waals surface area contributed by atoms with Gasteiger partial charge in [0.25, 0.3) is 5.69 Å². The van der Waals surface area contributed by atoms with Gasteiger partial charge in [0.1, 0.15) is 17.7 Å². The maximum Gasteiger partial charge on any atom is 0.271 e. The number of nitrogens with two attached hydrogens (primary N) is 1. The van der Waals surface area contributed by atoms with Crippen LogP contribution >= 0.6 is 0 Å². The van der Waals surface area contributed by atoms with Crippen molar-refractivity contribution in [3.05, 3.63) is 46.0 Å². The molecule has 1 aliphatic rings. The SMILES string of the molecule is N#Cc1ccc(N2CCCN(c3nc4ccc([N+](=O)[O-])cc4[nH]3)CC2)nc1N. The zero-order chi connectivity index (χ0) is 19.7. The quantitative estimate of drug-likeness (QED) is 0.521. The lowest BCUT2D eigenvalue weighted by Gasteiger charge is -2.22. The summed E-state index contributed by atoms with van der Waals surface area (Å²) >= 11 is 0. The smallest absolute Gasteiger partial charge is 0.271 e. The number of benzene rings is 1. The van der Waals surface area contributed by atoms with Gasteiger partial charge in [-0.05, 0) is 24.6 Å². The number of nitro benzene ring substituents is 1. The standard InChI is InChI=1S/C18H18N8O2/c19-11-12-2-5-16(23-17(12)20)24-6-1-7-25(9-8-24)18-21-14-4-3-13(26(27)28)10-15(14)22-18/h2-5,10H,1,6-9H2,(H2,20,23)(H,21,22). The molecule has 0 unspecified atom stereocenters. The van der Waals surface area contributed by atoms with Crippen molar-refractivity contribution in [1.29, 1.82) is 5.26 Å². The number of nitrogen functional groups attached to an aromatic ring is 1. The first-order valence-electron chi connectivity index (χ1n) is 8.86. The zero-order valence-corrected chi connectivity index (χ0v) is 15.0. The lowest BCUT2D eigenvalue weighted by molar-refractivity contribution is -0.384. The van der Waals surface area contributed by atoms with Crippen molar-refractivity contribution in [1.82, 2.24) is 15.0 Å². The number of anilines is 3. The highest BCUT2D eigenvalue weighted by atomic mass is 16.6. The van der Waals surface area contributed by atoms with E-state index in [-0.39, 0.29) is 11.5 Å². The summed E-state index contributed by atoms with van der Waals surface area (Å²) in [4.78, 5) is 26.9. The number of fused-ring (bicyclic) bond motifs is 1. The predicted molar refractivity (Wildman–Crippen MR) is 105 cm³/mol. The molecule has 3 N–H and O–H groups in total. The van der Waals surface area contributed by atoms with E-state index in [0.29, 0.717) is 29.1 Å². The van der Waals surface area contributed by atoms with Crippen molar-refractivity contribution in [2.75, 3.05) is 41.7 Å². The molecular formula is C18H18N8O2. The van der Waals surface area contributed by atoms with E-state index in [1.54, 1.807) is 12.1 Å². The second-order valence-corrected chi connectivity index (χ2v) is 6.56. The van der Waals surface area contributed by atoms with Crippen molar-refractivity contribution >= 4 is 34.3 Å². The second kappa shape index (κ2) is 7.03. The van der Waals surface area contributed by atoms with E-state index >= 15 is 0 Å². The molecule has 0 radical (unpaired) electrons. The average Bonchev–Trinajstić information content (AvgIpc) is 2.96. The number of H-pyrrole nitrogens is 1. The number of nitrogens with one attached hydrogen (secondary N) is 1. The van der Waals surface area contributed by atoms with Crippen LogP contribution in [0.1, 0.15) is 12.0 Å². The fourth-order valence-corrected chi connectivity index (χ4v) is 3.34. The molecule has 0 atom stereocenters. The average molecular weight is 378 g/mol. The van der Waals surface area contributed by atoms with E-state index in [9.17, 15) is 10.1 Å². The molecule has 0 amide bonds. The second-order valence-electron chi connectivity index (χ2n) is 6.56. The van der Waals surface area contributed by atoms with Gasteiger partial charge in [-0.3, -0.25) is 10.1 Å². The molecule has 1 aromatic carbocycles. The van der Waals surface area contributed by atoms with E-state index in [1.165, 1.54) is 12.1 Å². The third-order valence-corrected chi connectivity index (χ3v) is 4.81. The van der Waals surface area contributed by atoms with Gasteiger partial charge < -0.3 is 20.5 Å². The Bertz CT molecular complexity index is 1090. The minimum Gasteiger partial charge on any atom is -0.383 e. The van der Waals surface area contributed by atoms with Crippen LogP contribution in [-0.4, -0.2) is 46.1 Å². The van der Waals surface area contributed by atoms with Gasteiger partial charge >= 0.3 is 0 Å². The molecule has 142 valence electrons. The van der Waals surface area contributed by atoms with Crippen molar-refractivity contribution in [2.24, 2.45) is 0 Å². The number of aromatic nitrogens is 3. The summed E-state index contributed by atoms with van der Waals surface area (Å²) in [5.41, 5.74) is 7.59. The largest absolute Gasteiger partial charge is 0.383 e. The van der Waals surface area contributed by atoms with Crippen LogP contribution in [0.2, 0.25) is 0 Å². The number of nitrogens with zero attached hydrogens (tertiary/aromatic N) is 6. The van der Waals surface area contributed by atoms with Crippen LogP contribution in [-0.2, 0) is 0 Å². The molecule has 28 heavy (non-hydrogen) atoms. The number of nitro groups is 1. The molecule has 0 saturated carbocycles. The Kier molecular flexibility index (Phi) is 4.41. The summed E-state index contributed by atoms with van der Waals surface area (Å²) in [5.74, 6) is 1.68. The number of hydrogen-bond donors (Lipinski definition) is 2. The summed E-state index contributed by atoms with van der Waals surface area (Å²) in [6.45, 7) is 3.03. The van der Waals surface area contributed by atoms with Gasteiger partial charge in [0.05, 0.1) is 21.5 Å². The van der Waals surface area contributed by atoms with E-state index in [2.05, 4.69) is 24.8 Å². The number of aromatic amines is 1. The number of imidazole rings is 1. The Morgan fingerprint density at radius 2 is 1.93 bits per heavy atom. The molecule has 0 spiro atoms. The number of rotatable bonds is 3. The first-order valence-corrected chi connectivity index (χ1v) is 8.86. The van der Waals surface area contributed by atoms with Crippen LogP contribution in [0.5, 0.6) is 0 Å². The number of hydrogen-bond acceptors (Lipinski definition) is 8. The van der Waals surface area contributed by atoms with E-state index in [1.807, 2.05) is 12.1 Å². The highest BCUT2D eigenvalue weighted by Gasteiger charge is 2.20. The molecule has 3 heterocycles. The van der Waals surface area contributed by atoms with Gasteiger partial charge in [0, 0.05) is 38.3 Å². The lowest BCUT2D eigenvalue weighted by atomic mass is 10.2. The Morgan fingerprint density at radius 3 is 2.68 bits per heavy atom. The molecule has 10 nitrogen and oxygen atoms in total. The third kappa shape index (κ3) is 3.25. The molecule has 4 rings (SSSR count). The number of nitriles is 1. The molecule has 1 saturated heterocycles. The highest BCUT2D eigenvalue weighted by Crippen LogP contribution is 2.24. The Balaban J connectivity index is 1.52. The summed E-state index contributed by atoms with van der Waals surface area (Å²) in [6, 6.07) is 10.1. The molecule has 2 aromatic heterocycles. The van der Waals surface area contributed by atoms with Gasteiger partial charge in [-0.1, -0.05) is 0 Å². The number of non-ortho nitro benzene ring substituents is 1. The third-order valence-electron chi connectivity index (χ3n) is 4.81. The van der Waals surface area contributed by atoms with Crippen LogP contribution in [0.4, 0.5) is 23.3 Å². The lowest BCUT2D eigenvalue weighted by Crippen LogP contribution is -2.31. The molecule has 10 heteroatoms. The van der Waals surface area contributed by atoms with Gasteiger partial charge in [0.15, 0.2) is 0 Å². The van der Waals surface area contributed by atoms with Crippen molar-refractivity contribution in [3.63, 3.8) is 0 Å². The predicted octanol–water partition coefficient (Wildman–Crippen LogP) is 2.04. The van der Waals surface area contributed by atoms with E-state index in [4.69, 9.17) is 11.0 Å². The van der Waals surface area contributed by atoms with Gasteiger partial charge in [-0.15, -0.1) is 0 Å². The fourth-order valence-electron chi connectivity index (χ4n) is 3.34. The van der Waals surface area contributed by atoms with Crippen LogP contribution < -0.4 is 15.5 Å². The molecule has 3 aromatic rings. The van der Waals surface area contributed by atoms with Crippen LogP contribution in [0.3, 0.4) is 0 Å². The van der Waals surface area contributed by atoms with Crippen LogP contribution in [0.25, 0.3) is 11.0 Å². The molecule has 0 bridgehead atoms. The number of pyridine rings is 1.